The van der Waals surface area contributed by atoms with Gasteiger partial charge in [0.1, 0.15) is 17.2 Å². The van der Waals surface area contributed by atoms with Crippen molar-refractivity contribution in [2.45, 2.75) is 30.8 Å². The molecular formula is C36H29N3O6. The average Bonchev–Trinajstić information content (AvgIpc) is 3.55. The van der Waals surface area contributed by atoms with Crippen LogP contribution in [0, 0.1) is 16.0 Å². The Morgan fingerprint density at radius 3 is 2.47 bits per heavy atom. The fraction of sp³-hybridized carbons (Fsp3) is 0.194. The van der Waals surface area contributed by atoms with Crippen molar-refractivity contribution < 1.29 is 24.0 Å². The summed E-state index contributed by atoms with van der Waals surface area (Å²) in [6.45, 7) is 2.53. The van der Waals surface area contributed by atoms with Gasteiger partial charge in [0.25, 0.3) is 5.69 Å². The van der Waals surface area contributed by atoms with Gasteiger partial charge in [0.15, 0.2) is 11.6 Å². The van der Waals surface area contributed by atoms with E-state index in [0.29, 0.717) is 29.2 Å². The predicted octanol–water partition coefficient (Wildman–Crippen LogP) is 6.37. The Kier molecular flexibility index (Phi) is 6.81. The zero-order valence-electron chi connectivity index (χ0n) is 24.4. The Labute approximate surface area is 259 Å². The number of Topliss-reactive ketones (excluding diaryl/α,β-unsaturated/α-hetero) is 2. The molecule has 9 nitrogen and oxygen atoms in total. The van der Waals surface area contributed by atoms with Gasteiger partial charge in [-0.1, -0.05) is 61.5 Å². The van der Waals surface area contributed by atoms with Crippen molar-refractivity contribution in [1.29, 1.82) is 0 Å². The number of hydrogen-bond donors (Lipinski definition) is 1. The summed E-state index contributed by atoms with van der Waals surface area (Å²) in [5.74, 6) is -1.82. The largest absolute Gasteiger partial charge is 0.494 e. The highest BCUT2D eigenvalue weighted by Crippen LogP contribution is 2.62. The summed E-state index contributed by atoms with van der Waals surface area (Å²) in [5.41, 5.74) is 1.58. The number of non-ortho nitro benzene ring substituents is 1. The van der Waals surface area contributed by atoms with Crippen LogP contribution in [0.15, 0.2) is 103 Å². The molecule has 0 aromatic heterocycles. The lowest BCUT2D eigenvalue weighted by molar-refractivity contribution is -0.384. The van der Waals surface area contributed by atoms with Crippen LogP contribution in [0.25, 0.3) is 6.08 Å². The van der Waals surface area contributed by atoms with Crippen LogP contribution in [0.3, 0.4) is 0 Å². The number of hydrogen-bond acceptors (Lipinski definition) is 7. The summed E-state index contributed by atoms with van der Waals surface area (Å²) in [6.07, 6.45) is 4.48. The zero-order chi connectivity index (χ0) is 31.3. The number of nitrogens with one attached hydrogen (secondary N) is 1. The molecule has 0 unspecified atom stereocenters. The summed E-state index contributed by atoms with van der Waals surface area (Å²) in [4.78, 5) is 57.1. The summed E-state index contributed by atoms with van der Waals surface area (Å²) in [6, 6.07) is 25.3. The van der Waals surface area contributed by atoms with Crippen LogP contribution in [-0.4, -0.2) is 39.9 Å². The van der Waals surface area contributed by atoms with E-state index >= 15 is 0 Å². The number of carbonyl (C=O) groups excluding carboxylic acids is 3. The number of para-hydroxylation sites is 1. The van der Waals surface area contributed by atoms with Gasteiger partial charge in [-0.3, -0.25) is 24.5 Å². The van der Waals surface area contributed by atoms with E-state index in [4.69, 9.17) is 4.74 Å². The number of nitro benzene ring substituents is 1. The molecule has 0 radical (unpaired) electrons. The normalized spacial score (nSPS) is 22.4. The van der Waals surface area contributed by atoms with E-state index in [1.807, 2.05) is 60.4 Å². The fourth-order valence-electron chi connectivity index (χ4n) is 7.23. The summed E-state index contributed by atoms with van der Waals surface area (Å²) in [5, 5.41) is 14.7. The van der Waals surface area contributed by atoms with Crippen molar-refractivity contribution in [2.24, 2.45) is 5.92 Å². The van der Waals surface area contributed by atoms with Gasteiger partial charge in [-0.05, 0) is 59.5 Å². The molecule has 3 heterocycles. The van der Waals surface area contributed by atoms with E-state index in [0.717, 1.165) is 17.5 Å². The van der Waals surface area contributed by atoms with Gasteiger partial charge in [-0.25, -0.2) is 0 Å². The number of rotatable bonds is 8. The lowest BCUT2D eigenvalue weighted by atomic mass is 9.62. The third-order valence-corrected chi connectivity index (χ3v) is 9.07. The number of carbonyl (C=O) groups is 3. The number of benzene rings is 4. The molecule has 7 rings (SSSR count). The zero-order valence-corrected chi connectivity index (χ0v) is 24.4. The molecule has 4 aromatic carbocycles. The lowest BCUT2D eigenvalue weighted by Gasteiger charge is -2.38. The van der Waals surface area contributed by atoms with Crippen LogP contribution in [0.5, 0.6) is 5.75 Å². The first-order valence-electron chi connectivity index (χ1n) is 14.9. The monoisotopic (exact) mass is 599 g/mol. The van der Waals surface area contributed by atoms with Crippen molar-refractivity contribution in [3.8, 4) is 5.75 Å². The maximum absolute atomic E-state index is 14.9. The third kappa shape index (κ3) is 4.26. The first kappa shape index (κ1) is 28.2. The van der Waals surface area contributed by atoms with Crippen LogP contribution in [0.1, 0.15) is 56.8 Å². The molecule has 1 spiro atoms. The van der Waals surface area contributed by atoms with Gasteiger partial charge in [0.05, 0.1) is 23.5 Å². The molecule has 3 aliphatic heterocycles. The van der Waals surface area contributed by atoms with Crippen molar-refractivity contribution in [1.82, 2.24) is 4.90 Å². The Bertz CT molecular complexity index is 1900. The average molecular weight is 600 g/mol. The molecule has 1 fully saturated rings. The summed E-state index contributed by atoms with van der Waals surface area (Å²) >= 11 is 0. The number of ether oxygens (including phenoxy) is 1. The molecule has 0 aliphatic carbocycles. The molecule has 1 N–H and O–H groups in total. The molecule has 4 atom stereocenters. The second-order valence-electron chi connectivity index (χ2n) is 11.5. The molecule has 224 valence electrons. The van der Waals surface area contributed by atoms with E-state index in [9.17, 15) is 24.5 Å². The van der Waals surface area contributed by atoms with E-state index in [-0.39, 0.29) is 22.9 Å². The molecule has 1 amide bonds. The highest BCUT2D eigenvalue weighted by atomic mass is 16.6. The number of anilines is 1. The number of ketones is 2. The van der Waals surface area contributed by atoms with E-state index in [1.165, 1.54) is 24.3 Å². The number of nitrogens with zero attached hydrogens (tertiary/aromatic N) is 2. The van der Waals surface area contributed by atoms with Gasteiger partial charge in [-0.15, -0.1) is 0 Å². The minimum atomic E-state index is -1.49. The molecule has 0 saturated carbocycles. The third-order valence-electron chi connectivity index (χ3n) is 9.07. The predicted molar refractivity (Wildman–Crippen MR) is 168 cm³/mol. The second-order valence-corrected chi connectivity index (χ2v) is 11.5. The van der Waals surface area contributed by atoms with Crippen LogP contribution in [0.2, 0.25) is 0 Å². The number of amides is 1. The molecule has 3 aliphatic rings. The minimum Gasteiger partial charge on any atom is -0.494 e. The van der Waals surface area contributed by atoms with Gasteiger partial charge < -0.3 is 15.0 Å². The summed E-state index contributed by atoms with van der Waals surface area (Å²) in [7, 11) is 0. The van der Waals surface area contributed by atoms with E-state index < -0.39 is 34.1 Å². The maximum atomic E-state index is 14.9. The highest BCUT2D eigenvalue weighted by Gasteiger charge is 2.70. The van der Waals surface area contributed by atoms with E-state index in [2.05, 4.69) is 5.32 Å². The molecule has 4 aromatic rings. The van der Waals surface area contributed by atoms with Gasteiger partial charge in [0.2, 0.25) is 5.91 Å². The SMILES string of the molecule is CCCOc1ccc(C(=O)[C@H]2[C@H](C(=O)c3cccc([N+](=O)[O-])c3)N3C=Cc4ccccc4[C@@H]3[C@]23C(=O)Nc2ccccc23)cc1. The fourth-order valence-corrected chi connectivity index (χ4v) is 7.23. The Balaban J connectivity index is 1.47. The number of nitro groups is 1. The molecular weight excluding hydrogens is 570 g/mol. The van der Waals surface area contributed by atoms with Crippen LogP contribution < -0.4 is 10.1 Å². The molecule has 45 heavy (non-hydrogen) atoms. The smallest absolute Gasteiger partial charge is 0.270 e. The highest BCUT2D eigenvalue weighted by molar-refractivity contribution is 6.16. The topological polar surface area (TPSA) is 119 Å². The lowest BCUT2D eigenvalue weighted by Crippen LogP contribution is -2.49. The first-order chi connectivity index (χ1) is 21.9. The first-order valence-corrected chi connectivity index (χ1v) is 14.9. The molecule has 0 bridgehead atoms. The molecule has 9 heteroatoms. The standard InChI is InChI=1S/C36H29N3O6/c1-2-20-45-26-16-14-23(15-17-26)32(40)30-31(33(41)24-9-7-10-25(21-24)39(43)44)38-19-18-22-8-3-4-11-27(22)34(38)36(30)28-12-5-6-13-29(28)37-35(36)42/h3-19,21,30-31,34H,2,20H2,1H3,(H,37,42)/t30-,31-,34-,36-/m1/s1. The Morgan fingerprint density at radius 2 is 1.69 bits per heavy atom. The Hall–Kier alpha value is -5.57. The van der Waals surface area contributed by atoms with Crippen LogP contribution in [0.4, 0.5) is 11.4 Å². The quantitative estimate of drug-likeness (QED) is 0.142. The summed E-state index contributed by atoms with van der Waals surface area (Å²) < 4.78 is 5.73. The Morgan fingerprint density at radius 1 is 0.933 bits per heavy atom. The van der Waals surface area contributed by atoms with Gasteiger partial charge in [-0.2, -0.15) is 0 Å². The van der Waals surface area contributed by atoms with Gasteiger partial charge in [0, 0.05) is 35.1 Å². The number of fused-ring (bicyclic) bond motifs is 6. The minimum absolute atomic E-state index is 0.0880. The second kappa shape index (κ2) is 10.9. The molecule has 1 saturated heterocycles. The van der Waals surface area contributed by atoms with Crippen molar-refractivity contribution in [3.05, 3.63) is 141 Å². The van der Waals surface area contributed by atoms with Crippen LogP contribution in [-0.2, 0) is 10.2 Å². The van der Waals surface area contributed by atoms with Crippen molar-refractivity contribution in [3.63, 3.8) is 0 Å². The van der Waals surface area contributed by atoms with Crippen molar-refractivity contribution in [2.75, 3.05) is 11.9 Å². The van der Waals surface area contributed by atoms with Crippen LogP contribution >= 0.6 is 0 Å². The maximum Gasteiger partial charge on any atom is 0.270 e. The van der Waals surface area contributed by atoms with Gasteiger partial charge >= 0.3 is 0 Å². The van der Waals surface area contributed by atoms with E-state index in [1.54, 1.807) is 36.5 Å². The van der Waals surface area contributed by atoms with Crippen molar-refractivity contribution >= 4 is 34.9 Å².